The molecule has 1 aromatic heterocycles. The summed E-state index contributed by atoms with van der Waals surface area (Å²) in [5.74, 6) is -0.246. The van der Waals surface area contributed by atoms with E-state index in [9.17, 15) is 14.9 Å². The van der Waals surface area contributed by atoms with Gasteiger partial charge < -0.3 is 18.6 Å². The lowest BCUT2D eigenvalue weighted by molar-refractivity contribution is -0.125. The first-order valence-electron chi connectivity index (χ1n) is 7.36. The molecule has 0 fully saturated rings. The van der Waals surface area contributed by atoms with Gasteiger partial charge in [0, 0.05) is 0 Å². The van der Waals surface area contributed by atoms with Crippen LogP contribution in [-0.4, -0.2) is 31.7 Å². The van der Waals surface area contributed by atoms with Crippen molar-refractivity contribution in [3.63, 3.8) is 0 Å². The van der Waals surface area contributed by atoms with Gasteiger partial charge in [-0.3, -0.25) is 10.1 Å². The molecule has 1 aliphatic rings. The molecule has 0 saturated heterocycles. The third-order valence-electron chi connectivity index (χ3n) is 3.62. The molecule has 1 aromatic carbocycles. The molecule has 25 heavy (non-hydrogen) atoms. The average molecular weight is 342 g/mol. The van der Waals surface area contributed by atoms with E-state index in [-0.39, 0.29) is 29.4 Å². The summed E-state index contributed by atoms with van der Waals surface area (Å²) in [6.07, 6.45) is -0.923. The van der Waals surface area contributed by atoms with Crippen LogP contribution in [0.5, 0.6) is 11.5 Å². The number of nitriles is 1. The number of methoxy groups -OCH3 is 1. The number of amides is 1. The van der Waals surface area contributed by atoms with Gasteiger partial charge in [-0.15, -0.1) is 0 Å². The summed E-state index contributed by atoms with van der Waals surface area (Å²) in [5, 5.41) is 11.7. The summed E-state index contributed by atoms with van der Waals surface area (Å²) in [7, 11) is 1.19. The molecule has 1 unspecified atom stereocenters. The summed E-state index contributed by atoms with van der Waals surface area (Å²) in [6, 6.07) is 8.81. The molecule has 8 heteroatoms. The number of aryl methyl sites for hydroxylation is 1. The summed E-state index contributed by atoms with van der Waals surface area (Å²) in [6.45, 7) is 1.51. The number of nitrogens with zero attached hydrogens (tertiary/aromatic N) is 1. The third kappa shape index (κ3) is 2.99. The van der Waals surface area contributed by atoms with Gasteiger partial charge in [0.1, 0.15) is 29.6 Å². The molecule has 0 saturated carbocycles. The van der Waals surface area contributed by atoms with Crippen molar-refractivity contribution in [3.05, 3.63) is 41.2 Å². The SMILES string of the molecule is COC(=O)c1c(C)oc(NC(=O)C2COc3ccccc3O2)c1C#N. The van der Waals surface area contributed by atoms with Crippen LogP contribution in [0.2, 0.25) is 0 Å². The van der Waals surface area contributed by atoms with Crippen LogP contribution in [0, 0.1) is 18.3 Å². The highest BCUT2D eigenvalue weighted by Crippen LogP contribution is 2.32. The third-order valence-corrected chi connectivity index (χ3v) is 3.62. The average Bonchev–Trinajstić information content (AvgIpc) is 2.95. The summed E-state index contributed by atoms with van der Waals surface area (Å²) >= 11 is 0. The number of carbonyl (C=O) groups excluding carboxylic acids is 2. The van der Waals surface area contributed by atoms with Crippen LogP contribution in [0.4, 0.5) is 5.88 Å². The Morgan fingerprint density at radius 1 is 1.32 bits per heavy atom. The minimum atomic E-state index is -0.923. The number of esters is 1. The van der Waals surface area contributed by atoms with Crippen LogP contribution in [0.1, 0.15) is 21.7 Å². The van der Waals surface area contributed by atoms with Crippen molar-refractivity contribution < 1.29 is 28.2 Å². The summed E-state index contributed by atoms with van der Waals surface area (Å²) in [5.41, 5.74) is -0.124. The van der Waals surface area contributed by atoms with E-state index in [2.05, 4.69) is 10.1 Å². The Bertz CT molecular complexity index is 880. The molecule has 1 atom stereocenters. The maximum absolute atomic E-state index is 12.4. The minimum absolute atomic E-state index is 0.00822. The van der Waals surface area contributed by atoms with E-state index < -0.39 is 18.0 Å². The Kier molecular flexibility index (Phi) is 4.31. The number of fused-ring (bicyclic) bond motifs is 1. The van der Waals surface area contributed by atoms with Crippen molar-refractivity contribution in [2.75, 3.05) is 19.0 Å². The smallest absolute Gasteiger partial charge is 0.342 e. The Morgan fingerprint density at radius 3 is 2.72 bits per heavy atom. The lowest BCUT2D eigenvalue weighted by Gasteiger charge is -2.25. The highest BCUT2D eigenvalue weighted by molar-refractivity contribution is 5.99. The topological polar surface area (TPSA) is 111 Å². The zero-order valence-corrected chi connectivity index (χ0v) is 13.5. The first-order chi connectivity index (χ1) is 12.0. The zero-order valence-electron chi connectivity index (χ0n) is 13.5. The van der Waals surface area contributed by atoms with Gasteiger partial charge in [0.05, 0.1) is 7.11 Å². The first kappa shape index (κ1) is 16.4. The molecule has 0 aliphatic carbocycles. The number of hydrogen-bond acceptors (Lipinski definition) is 7. The van der Waals surface area contributed by atoms with Crippen LogP contribution >= 0.6 is 0 Å². The van der Waals surface area contributed by atoms with Crippen LogP contribution in [0.3, 0.4) is 0 Å². The Labute approximate surface area is 142 Å². The lowest BCUT2D eigenvalue weighted by atomic mass is 10.1. The molecular weight excluding hydrogens is 328 g/mol. The quantitative estimate of drug-likeness (QED) is 0.849. The number of hydrogen-bond donors (Lipinski definition) is 1. The van der Waals surface area contributed by atoms with Gasteiger partial charge in [-0.1, -0.05) is 12.1 Å². The Hall–Kier alpha value is -3.47. The van der Waals surface area contributed by atoms with E-state index in [1.807, 2.05) is 6.07 Å². The fourth-order valence-corrected chi connectivity index (χ4v) is 2.43. The van der Waals surface area contributed by atoms with Crippen LogP contribution in [0.15, 0.2) is 28.7 Å². The van der Waals surface area contributed by atoms with Gasteiger partial charge in [0.15, 0.2) is 11.5 Å². The molecule has 1 amide bonds. The van der Waals surface area contributed by atoms with E-state index in [4.69, 9.17) is 13.9 Å². The number of benzene rings is 1. The van der Waals surface area contributed by atoms with Crippen LogP contribution in [0.25, 0.3) is 0 Å². The fourth-order valence-electron chi connectivity index (χ4n) is 2.43. The normalized spacial score (nSPS) is 15.2. The number of carbonyl (C=O) groups is 2. The van der Waals surface area contributed by atoms with Crippen molar-refractivity contribution in [3.8, 4) is 17.6 Å². The van der Waals surface area contributed by atoms with Gasteiger partial charge in [-0.2, -0.15) is 5.26 Å². The van der Waals surface area contributed by atoms with Crippen molar-refractivity contribution in [2.45, 2.75) is 13.0 Å². The molecule has 1 N–H and O–H groups in total. The first-order valence-corrected chi connectivity index (χ1v) is 7.36. The Morgan fingerprint density at radius 2 is 2.04 bits per heavy atom. The molecule has 2 aromatic rings. The predicted octanol–water partition coefficient (Wildman–Crippen LogP) is 2.02. The monoisotopic (exact) mass is 342 g/mol. The second kappa shape index (κ2) is 6.57. The Balaban J connectivity index is 1.81. The highest BCUT2D eigenvalue weighted by Gasteiger charge is 2.31. The van der Waals surface area contributed by atoms with E-state index in [0.29, 0.717) is 11.5 Å². The number of furan rings is 1. The molecule has 8 nitrogen and oxygen atoms in total. The van der Waals surface area contributed by atoms with Crippen molar-refractivity contribution in [1.29, 1.82) is 5.26 Å². The second-order valence-corrected chi connectivity index (χ2v) is 5.19. The molecule has 2 heterocycles. The summed E-state index contributed by atoms with van der Waals surface area (Å²) < 4.78 is 21.0. The van der Waals surface area contributed by atoms with Gasteiger partial charge in [-0.05, 0) is 19.1 Å². The van der Waals surface area contributed by atoms with Crippen LogP contribution in [-0.2, 0) is 9.53 Å². The highest BCUT2D eigenvalue weighted by atomic mass is 16.6. The molecule has 3 rings (SSSR count). The van der Waals surface area contributed by atoms with E-state index in [1.54, 1.807) is 24.3 Å². The maximum atomic E-state index is 12.4. The second-order valence-electron chi connectivity index (χ2n) is 5.19. The maximum Gasteiger partial charge on any atom is 0.342 e. The molecule has 0 radical (unpaired) electrons. The predicted molar refractivity (Wildman–Crippen MR) is 84.5 cm³/mol. The number of nitrogens with one attached hydrogen (secondary N) is 1. The largest absolute Gasteiger partial charge is 0.485 e. The lowest BCUT2D eigenvalue weighted by Crippen LogP contribution is -2.40. The number of rotatable bonds is 3. The van der Waals surface area contributed by atoms with Gasteiger partial charge in [0.2, 0.25) is 12.0 Å². The molecule has 1 aliphatic heterocycles. The standard InChI is InChI=1S/C17H14N2O6/c1-9-14(17(21)22-2)10(7-18)16(24-9)19-15(20)13-8-23-11-5-3-4-6-12(11)25-13/h3-6,13H,8H2,1-2H3,(H,19,20). The van der Waals surface area contributed by atoms with Gasteiger partial charge >= 0.3 is 5.97 Å². The van der Waals surface area contributed by atoms with Gasteiger partial charge in [-0.25, -0.2) is 4.79 Å². The fraction of sp³-hybridized carbons (Fsp3) is 0.235. The number of anilines is 1. The molecular formula is C17H14N2O6. The van der Waals surface area contributed by atoms with Crippen molar-refractivity contribution in [2.24, 2.45) is 0 Å². The zero-order chi connectivity index (χ0) is 18.0. The van der Waals surface area contributed by atoms with Gasteiger partial charge in [0.25, 0.3) is 5.91 Å². The molecule has 128 valence electrons. The van der Waals surface area contributed by atoms with Crippen LogP contribution < -0.4 is 14.8 Å². The number of ether oxygens (including phenoxy) is 3. The van der Waals surface area contributed by atoms with E-state index >= 15 is 0 Å². The minimum Gasteiger partial charge on any atom is -0.485 e. The van der Waals surface area contributed by atoms with E-state index in [0.717, 1.165) is 0 Å². The summed E-state index contributed by atoms with van der Waals surface area (Å²) in [4.78, 5) is 24.2. The number of para-hydroxylation sites is 2. The molecule has 0 spiro atoms. The molecule has 0 bridgehead atoms. The van der Waals surface area contributed by atoms with Crippen molar-refractivity contribution >= 4 is 17.8 Å². The van der Waals surface area contributed by atoms with Crippen molar-refractivity contribution in [1.82, 2.24) is 0 Å². The van der Waals surface area contributed by atoms with E-state index in [1.165, 1.54) is 14.0 Å².